The Hall–Kier alpha value is -3.87. The molecule has 3 amide bonds. The SMILES string of the molecule is O=C(Nc1ccccc1)Nc1ccc(C(=O)N2CCN(c3ccccc3F)CC2)cc1. The first-order valence-corrected chi connectivity index (χ1v) is 10.1. The summed E-state index contributed by atoms with van der Waals surface area (Å²) in [4.78, 5) is 28.6. The molecule has 7 heteroatoms. The van der Waals surface area contributed by atoms with Crippen LogP contribution in [-0.2, 0) is 0 Å². The van der Waals surface area contributed by atoms with Gasteiger partial charge in [0.2, 0.25) is 0 Å². The largest absolute Gasteiger partial charge is 0.366 e. The first kappa shape index (κ1) is 20.4. The number of para-hydroxylation sites is 2. The predicted molar refractivity (Wildman–Crippen MR) is 120 cm³/mol. The van der Waals surface area contributed by atoms with Gasteiger partial charge in [-0.3, -0.25) is 4.79 Å². The van der Waals surface area contributed by atoms with Gasteiger partial charge in [0.1, 0.15) is 5.82 Å². The zero-order valence-corrected chi connectivity index (χ0v) is 16.9. The Morgan fingerprint density at radius 2 is 1.29 bits per heavy atom. The molecule has 0 radical (unpaired) electrons. The second-order valence-corrected chi connectivity index (χ2v) is 7.25. The number of nitrogens with one attached hydrogen (secondary N) is 2. The van der Waals surface area contributed by atoms with E-state index in [4.69, 9.17) is 0 Å². The van der Waals surface area contributed by atoms with Gasteiger partial charge in [0.05, 0.1) is 5.69 Å². The fourth-order valence-electron chi connectivity index (χ4n) is 3.55. The Bertz CT molecular complexity index is 1050. The van der Waals surface area contributed by atoms with Crippen molar-refractivity contribution >= 4 is 29.0 Å². The van der Waals surface area contributed by atoms with Crippen molar-refractivity contribution in [2.75, 3.05) is 41.7 Å². The molecule has 0 saturated carbocycles. The van der Waals surface area contributed by atoms with E-state index in [2.05, 4.69) is 10.6 Å². The van der Waals surface area contributed by atoms with Crippen LogP contribution in [-0.4, -0.2) is 43.0 Å². The van der Waals surface area contributed by atoms with Crippen molar-refractivity contribution < 1.29 is 14.0 Å². The molecule has 6 nitrogen and oxygen atoms in total. The van der Waals surface area contributed by atoms with E-state index in [1.54, 1.807) is 53.4 Å². The van der Waals surface area contributed by atoms with Gasteiger partial charge >= 0.3 is 6.03 Å². The van der Waals surface area contributed by atoms with Crippen LogP contribution in [0.15, 0.2) is 78.9 Å². The van der Waals surface area contributed by atoms with Crippen molar-refractivity contribution in [1.82, 2.24) is 4.90 Å². The molecule has 1 heterocycles. The van der Waals surface area contributed by atoms with Crippen LogP contribution >= 0.6 is 0 Å². The number of piperazine rings is 1. The van der Waals surface area contributed by atoms with Crippen LogP contribution in [0.3, 0.4) is 0 Å². The van der Waals surface area contributed by atoms with Crippen molar-refractivity contribution in [2.24, 2.45) is 0 Å². The van der Waals surface area contributed by atoms with Gasteiger partial charge in [-0.1, -0.05) is 30.3 Å². The molecule has 1 fully saturated rings. The number of urea groups is 1. The van der Waals surface area contributed by atoms with E-state index < -0.39 is 0 Å². The van der Waals surface area contributed by atoms with Crippen LogP contribution in [0.4, 0.5) is 26.2 Å². The fourth-order valence-corrected chi connectivity index (χ4v) is 3.55. The zero-order valence-electron chi connectivity index (χ0n) is 16.9. The normalized spacial score (nSPS) is 13.6. The van der Waals surface area contributed by atoms with Gasteiger partial charge < -0.3 is 20.4 Å². The highest BCUT2D eigenvalue weighted by Gasteiger charge is 2.23. The first-order valence-electron chi connectivity index (χ1n) is 10.1. The molecule has 1 saturated heterocycles. The third-order valence-electron chi connectivity index (χ3n) is 5.18. The number of hydrogen-bond donors (Lipinski definition) is 2. The van der Waals surface area contributed by atoms with Crippen molar-refractivity contribution in [2.45, 2.75) is 0 Å². The maximum Gasteiger partial charge on any atom is 0.323 e. The van der Waals surface area contributed by atoms with Crippen LogP contribution in [0.5, 0.6) is 0 Å². The molecule has 31 heavy (non-hydrogen) atoms. The predicted octanol–water partition coefficient (Wildman–Crippen LogP) is 4.43. The molecule has 2 N–H and O–H groups in total. The second kappa shape index (κ2) is 9.30. The molecule has 0 atom stereocenters. The number of hydrogen-bond acceptors (Lipinski definition) is 3. The second-order valence-electron chi connectivity index (χ2n) is 7.25. The molecule has 0 bridgehead atoms. The summed E-state index contributed by atoms with van der Waals surface area (Å²) in [6.07, 6.45) is 0. The van der Waals surface area contributed by atoms with Crippen LogP contribution in [0.25, 0.3) is 0 Å². The summed E-state index contributed by atoms with van der Waals surface area (Å²) in [5.41, 5.74) is 2.41. The third-order valence-corrected chi connectivity index (χ3v) is 5.18. The molecule has 0 unspecified atom stereocenters. The summed E-state index contributed by atoms with van der Waals surface area (Å²) in [6, 6.07) is 22.3. The van der Waals surface area contributed by atoms with Gasteiger partial charge in [-0.2, -0.15) is 0 Å². The molecule has 0 spiro atoms. The monoisotopic (exact) mass is 418 g/mol. The summed E-state index contributed by atoms with van der Waals surface area (Å²) < 4.78 is 14.0. The van der Waals surface area contributed by atoms with E-state index in [0.717, 1.165) is 0 Å². The molecule has 3 aromatic carbocycles. The minimum Gasteiger partial charge on any atom is -0.366 e. The molecule has 0 aliphatic carbocycles. The maximum absolute atomic E-state index is 14.0. The number of amides is 3. The first-order chi connectivity index (χ1) is 15.1. The third kappa shape index (κ3) is 5.01. The molecule has 4 rings (SSSR count). The van der Waals surface area contributed by atoms with E-state index in [0.29, 0.717) is 48.8 Å². The number of rotatable bonds is 4. The van der Waals surface area contributed by atoms with Crippen LogP contribution < -0.4 is 15.5 Å². The molecule has 1 aliphatic heterocycles. The van der Waals surface area contributed by atoms with E-state index in [9.17, 15) is 14.0 Å². The minimum atomic E-state index is -0.352. The van der Waals surface area contributed by atoms with Crippen LogP contribution in [0.1, 0.15) is 10.4 Å². The summed E-state index contributed by atoms with van der Waals surface area (Å²) in [6.45, 7) is 2.19. The lowest BCUT2D eigenvalue weighted by Crippen LogP contribution is -2.49. The number of halogens is 1. The number of nitrogens with zero attached hydrogens (tertiary/aromatic N) is 2. The Morgan fingerprint density at radius 3 is 1.94 bits per heavy atom. The van der Waals surface area contributed by atoms with Crippen LogP contribution in [0, 0.1) is 5.82 Å². The molecule has 1 aliphatic rings. The summed E-state index contributed by atoms with van der Waals surface area (Å²) >= 11 is 0. The van der Waals surface area contributed by atoms with Crippen molar-refractivity contribution in [3.63, 3.8) is 0 Å². The fraction of sp³-hybridized carbons (Fsp3) is 0.167. The highest BCUT2D eigenvalue weighted by atomic mass is 19.1. The smallest absolute Gasteiger partial charge is 0.323 e. The van der Waals surface area contributed by atoms with E-state index in [1.165, 1.54) is 6.07 Å². The van der Waals surface area contributed by atoms with Crippen molar-refractivity contribution in [3.8, 4) is 0 Å². The van der Waals surface area contributed by atoms with Crippen molar-refractivity contribution in [1.29, 1.82) is 0 Å². The molecule has 0 aromatic heterocycles. The summed E-state index contributed by atoms with van der Waals surface area (Å²) in [7, 11) is 0. The topological polar surface area (TPSA) is 64.7 Å². The number of benzene rings is 3. The lowest BCUT2D eigenvalue weighted by molar-refractivity contribution is 0.0746. The molecule has 3 aromatic rings. The average molecular weight is 418 g/mol. The van der Waals surface area contributed by atoms with Gasteiger partial charge in [0.15, 0.2) is 0 Å². The quantitative estimate of drug-likeness (QED) is 0.659. The Morgan fingerprint density at radius 1 is 0.710 bits per heavy atom. The Labute approximate surface area is 180 Å². The lowest BCUT2D eigenvalue weighted by atomic mass is 10.1. The standard InChI is InChI=1S/C24H23FN4O2/c25-21-8-4-5-9-22(21)28-14-16-29(17-15-28)23(30)18-10-12-20(13-11-18)27-24(31)26-19-6-2-1-3-7-19/h1-13H,14-17H2,(H2,26,27,31). The van der Waals surface area contributed by atoms with Crippen molar-refractivity contribution in [3.05, 3.63) is 90.2 Å². The number of carbonyl (C=O) groups excluding carboxylic acids is 2. The van der Waals surface area contributed by atoms with E-state index in [1.807, 2.05) is 29.2 Å². The van der Waals surface area contributed by atoms with E-state index in [-0.39, 0.29) is 17.8 Å². The zero-order chi connectivity index (χ0) is 21.6. The number of carbonyl (C=O) groups is 2. The number of anilines is 3. The lowest BCUT2D eigenvalue weighted by Gasteiger charge is -2.36. The summed E-state index contributed by atoms with van der Waals surface area (Å²) in [5.74, 6) is -0.324. The van der Waals surface area contributed by atoms with Gasteiger partial charge in [-0.15, -0.1) is 0 Å². The minimum absolute atomic E-state index is 0.0755. The van der Waals surface area contributed by atoms with Gasteiger partial charge in [-0.25, -0.2) is 9.18 Å². The highest BCUT2D eigenvalue weighted by molar-refractivity contribution is 6.00. The highest BCUT2D eigenvalue weighted by Crippen LogP contribution is 2.21. The Balaban J connectivity index is 1.31. The summed E-state index contributed by atoms with van der Waals surface area (Å²) in [5, 5.41) is 5.49. The van der Waals surface area contributed by atoms with Gasteiger partial charge in [0, 0.05) is 43.1 Å². The average Bonchev–Trinajstić information content (AvgIpc) is 2.80. The molecule has 158 valence electrons. The van der Waals surface area contributed by atoms with E-state index >= 15 is 0 Å². The van der Waals surface area contributed by atoms with Gasteiger partial charge in [-0.05, 0) is 48.5 Å². The van der Waals surface area contributed by atoms with Gasteiger partial charge in [0.25, 0.3) is 5.91 Å². The maximum atomic E-state index is 14.0. The van der Waals surface area contributed by atoms with Crippen LogP contribution in [0.2, 0.25) is 0 Å². The molecular weight excluding hydrogens is 395 g/mol. The Kier molecular flexibility index (Phi) is 6.12. The molecular formula is C24H23FN4O2.